The largest absolute Gasteiger partial charge is 0.314 e. The van der Waals surface area contributed by atoms with Crippen LogP contribution in [-0.2, 0) is 6.54 Å². The third-order valence-electron chi connectivity index (χ3n) is 2.73. The maximum absolute atomic E-state index is 11.4. The first kappa shape index (κ1) is 12.9. The van der Waals surface area contributed by atoms with Gasteiger partial charge in [0.25, 0.3) is 5.56 Å². The van der Waals surface area contributed by atoms with E-state index in [2.05, 4.69) is 24.1 Å². The van der Waals surface area contributed by atoms with Crippen molar-refractivity contribution in [3.63, 3.8) is 0 Å². The van der Waals surface area contributed by atoms with Crippen molar-refractivity contribution in [3.8, 4) is 0 Å². The molecule has 0 aromatic carbocycles. The molecule has 1 N–H and O–H groups in total. The standard InChI is InChI=1S/C12H21N3O/c1-3-11(14-4-2)6-5-9-15-10-13-8-7-12(15)16/h7-8,10-11,14H,3-6,9H2,1-2H3. The van der Waals surface area contributed by atoms with Gasteiger partial charge in [0, 0.05) is 24.8 Å². The van der Waals surface area contributed by atoms with E-state index in [-0.39, 0.29) is 5.56 Å². The van der Waals surface area contributed by atoms with E-state index in [0.29, 0.717) is 6.04 Å². The molecule has 1 aromatic heterocycles. The van der Waals surface area contributed by atoms with Gasteiger partial charge < -0.3 is 5.32 Å². The molecule has 1 heterocycles. The molecule has 0 aliphatic rings. The summed E-state index contributed by atoms with van der Waals surface area (Å²) in [6.07, 6.45) is 6.39. The monoisotopic (exact) mass is 223 g/mol. The predicted octanol–water partition coefficient (Wildman–Crippen LogP) is 1.41. The predicted molar refractivity (Wildman–Crippen MR) is 65.5 cm³/mol. The molecule has 0 bridgehead atoms. The van der Waals surface area contributed by atoms with E-state index in [1.54, 1.807) is 10.9 Å². The van der Waals surface area contributed by atoms with E-state index in [9.17, 15) is 4.79 Å². The highest BCUT2D eigenvalue weighted by molar-refractivity contribution is 4.81. The van der Waals surface area contributed by atoms with Gasteiger partial charge in [-0.15, -0.1) is 0 Å². The number of hydrogen-bond donors (Lipinski definition) is 1. The number of rotatable bonds is 7. The van der Waals surface area contributed by atoms with Crippen molar-refractivity contribution in [2.45, 2.75) is 45.7 Å². The molecular formula is C12H21N3O. The zero-order chi connectivity index (χ0) is 11.8. The molecule has 90 valence electrons. The quantitative estimate of drug-likeness (QED) is 0.760. The number of nitrogens with zero attached hydrogens (tertiary/aromatic N) is 2. The summed E-state index contributed by atoms with van der Waals surface area (Å²) in [6.45, 7) is 6.07. The topological polar surface area (TPSA) is 46.9 Å². The van der Waals surface area contributed by atoms with Gasteiger partial charge in [-0.3, -0.25) is 9.36 Å². The molecule has 0 aliphatic heterocycles. The molecule has 0 radical (unpaired) electrons. The summed E-state index contributed by atoms with van der Waals surface area (Å²) in [4.78, 5) is 15.3. The van der Waals surface area contributed by atoms with Crippen LogP contribution < -0.4 is 10.9 Å². The molecule has 0 aliphatic carbocycles. The Bertz CT molecular complexity index is 348. The van der Waals surface area contributed by atoms with E-state index in [4.69, 9.17) is 0 Å². The fourth-order valence-electron chi connectivity index (χ4n) is 1.79. The second kappa shape index (κ2) is 7.17. The molecule has 4 heteroatoms. The lowest BCUT2D eigenvalue weighted by atomic mass is 10.1. The Labute approximate surface area is 96.7 Å². The summed E-state index contributed by atoms with van der Waals surface area (Å²) in [5.74, 6) is 0. The summed E-state index contributed by atoms with van der Waals surface area (Å²) in [6, 6.07) is 2.07. The van der Waals surface area contributed by atoms with Gasteiger partial charge in [-0.2, -0.15) is 0 Å². The SMILES string of the molecule is CCNC(CC)CCCn1cnccc1=O. The van der Waals surface area contributed by atoms with Crippen LogP contribution in [0.3, 0.4) is 0 Å². The summed E-state index contributed by atoms with van der Waals surface area (Å²) in [5, 5.41) is 3.43. The van der Waals surface area contributed by atoms with E-state index in [1.807, 2.05) is 0 Å². The van der Waals surface area contributed by atoms with E-state index in [1.165, 1.54) is 12.3 Å². The number of hydrogen-bond acceptors (Lipinski definition) is 3. The molecule has 0 saturated carbocycles. The molecule has 1 aromatic rings. The van der Waals surface area contributed by atoms with Gasteiger partial charge in [-0.25, -0.2) is 4.98 Å². The Hall–Kier alpha value is -1.16. The lowest BCUT2D eigenvalue weighted by Gasteiger charge is -2.15. The molecule has 4 nitrogen and oxygen atoms in total. The molecule has 0 fully saturated rings. The molecular weight excluding hydrogens is 202 g/mol. The number of aromatic nitrogens is 2. The normalized spacial score (nSPS) is 12.6. The molecule has 1 rings (SSSR count). The van der Waals surface area contributed by atoms with Crippen LogP contribution in [0.1, 0.15) is 33.1 Å². The highest BCUT2D eigenvalue weighted by atomic mass is 16.1. The molecule has 0 spiro atoms. The molecule has 16 heavy (non-hydrogen) atoms. The van der Waals surface area contributed by atoms with Crippen molar-refractivity contribution < 1.29 is 0 Å². The van der Waals surface area contributed by atoms with E-state index < -0.39 is 0 Å². The van der Waals surface area contributed by atoms with Crippen molar-refractivity contribution in [1.29, 1.82) is 0 Å². The molecule has 1 unspecified atom stereocenters. The van der Waals surface area contributed by atoms with Crippen LogP contribution in [0.5, 0.6) is 0 Å². The second-order valence-electron chi connectivity index (χ2n) is 3.92. The third kappa shape index (κ3) is 4.14. The minimum Gasteiger partial charge on any atom is -0.314 e. The van der Waals surface area contributed by atoms with Crippen molar-refractivity contribution in [1.82, 2.24) is 14.9 Å². The fourth-order valence-corrected chi connectivity index (χ4v) is 1.79. The first-order valence-electron chi connectivity index (χ1n) is 6.01. The van der Waals surface area contributed by atoms with Crippen LogP contribution in [0.2, 0.25) is 0 Å². The van der Waals surface area contributed by atoms with Crippen LogP contribution in [0.4, 0.5) is 0 Å². The smallest absolute Gasteiger partial charge is 0.253 e. The summed E-state index contributed by atoms with van der Waals surface area (Å²) < 4.78 is 1.67. The van der Waals surface area contributed by atoms with Crippen molar-refractivity contribution in [3.05, 3.63) is 28.9 Å². The van der Waals surface area contributed by atoms with Gasteiger partial charge >= 0.3 is 0 Å². The van der Waals surface area contributed by atoms with Gasteiger partial charge in [0.1, 0.15) is 0 Å². The van der Waals surface area contributed by atoms with Crippen LogP contribution >= 0.6 is 0 Å². The zero-order valence-electron chi connectivity index (χ0n) is 10.1. The Morgan fingerprint density at radius 1 is 1.50 bits per heavy atom. The lowest BCUT2D eigenvalue weighted by molar-refractivity contribution is 0.445. The summed E-state index contributed by atoms with van der Waals surface area (Å²) >= 11 is 0. The number of aryl methyl sites for hydroxylation is 1. The first-order chi connectivity index (χ1) is 7.77. The maximum atomic E-state index is 11.4. The number of nitrogens with one attached hydrogen (secondary N) is 1. The van der Waals surface area contributed by atoms with Crippen LogP contribution in [0.15, 0.2) is 23.4 Å². The van der Waals surface area contributed by atoms with Crippen LogP contribution in [0, 0.1) is 0 Å². The Morgan fingerprint density at radius 2 is 2.31 bits per heavy atom. The Balaban J connectivity index is 2.35. The fraction of sp³-hybridized carbons (Fsp3) is 0.667. The Kier molecular flexibility index (Phi) is 5.78. The Morgan fingerprint density at radius 3 is 2.94 bits per heavy atom. The van der Waals surface area contributed by atoms with Crippen molar-refractivity contribution in [2.24, 2.45) is 0 Å². The molecule has 0 saturated heterocycles. The second-order valence-corrected chi connectivity index (χ2v) is 3.92. The van der Waals surface area contributed by atoms with E-state index in [0.717, 1.165) is 32.4 Å². The van der Waals surface area contributed by atoms with E-state index >= 15 is 0 Å². The molecule has 1 atom stereocenters. The highest BCUT2D eigenvalue weighted by Crippen LogP contribution is 2.02. The average Bonchev–Trinajstić information content (AvgIpc) is 2.30. The van der Waals surface area contributed by atoms with Gasteiger partial charge in [0.15, 0.2) is 0 Å². The summed E-state index contributed by atoms with van der Waals surface area (Å²) in [7, 11) is 0. The van der Waals surface area contributed by atoms with Crippen LogP contribution in [-0.4, -0.2) is 22.1 Å². The first-order valence-corrected chi connectivity index (χ1v) is 6.01. The zero-order valence-corrected chi connectivity index (χ0v) is 10.1. The van der Waals surface area contributed by atoms with Gasteiger partial charge in [0.2, 0.25) is 0 Å². The lowest BCUT2D eigenvalue weighted by Crippen LogP contribution is -2.28. The minimum absolute atomic E-state index is 0.0338. The highest BCUT2D eigenvalue weighted by Gasteiger charge is 2.03. The van der Waals surface area contributed by atoms with Crippen molar-refractivity contribution >= 4 is 0 Å². The van der Waals surface area contributed by atoms with Crippen molar-refractivity contribution in [2.75, 3.05) is 6.54 Å². The third-order valence-corrected chi connectivity index (χ3v) is 2.73. The van der Waals surface area contributed by atoms with Gasteiger partial charge in [-0.1, -0.05) is 13.8 Å². The maximum Gasteiger partial charge on any atom is 0.253 e. The average molecular weight is 223 g/mol. The van der Waals surface area contributed by atoms with Gasteiger partial charge in [-0.05, 0) is 25.8 Å². The summed E-state index contributed by atoms with van der Waals surface area (Å²) in [5.41, 5.74) is 0.0338. The minimum atomic E-state index is 0.0338. The molecule has 0 amide bonds. The van der Waals surface area contributed by atoms with Crippen LogP contribution in [0.25, 0.3) is 0 Å². The van der Waals surface area contributed by atoms with Gasteiger partial charge in [0.05, 0.1) is 6.33 Å².